The van der Waals surface area contributed by atoms with Gasteiger partial charge in [-0.15, -0.1) is 0 Å². The minimum absolute atomic E-state index is 0.220. The van der Waals surface area contributed by atoms with Gasteiger partial charge in [0.2, 0.25) is 0 Å². The van der Waals surface area contributed by atoms with E-state index in [9.17, 15) is 0 Å². The maximum atomic E-state index is 2.42. The van der Waals surface area contributed by atoms with Crippen molar-refractivity contribution in [2.75, 3.05) is 0 Å². The van der Waals surface area contributed by atoms with Crippen molar-refractivity contribution in [1.82, 2.24) is 0 Å². The molecule has 0 radical (unpaired) electrons. The fourth-order valence-electron chi connectivity index (χ4n) is 3.84. The standard InChI is InChI=1S/C13H9.C9H7.Ti/c1-3-7-12-10(5-1)9-11-6-2-4-8-13(11)12;1-2-5-9-7-3-6-8(9)4-1;/h1-5,7-8H,9H2;1-7H;. The first-order valence-corrected chi connectivity index (χ1v) is 9.82. The summed E-state index contributed by atoms with van der Waals surface area (Å²) >= 11 is -0.220. The minimum atomic E-state index is -0.220. The van der Waals surface area contributed by atoms with E-state index in [0.717, 1.165) is 6.42 Å². The first-order valence-electron chi connectivity index (χ1n) is 8.14. The SMILES string of the molecule is C1=C[CH]([Ti][c]2cccc3c2Cc2ccccc2-3)c2ccccc21. The quantitative estimate of drug-likeness (QED) is 0.467. The molecule has 0 fully saturated rings. The summed E-state index contributed by atoms with van der Waals surface area (Å²) in [6.07, 6.45) is 5.84. The summed E-state index contributed by atoms with van der Waals surface area (Å²) in [5.74, 6) is 0. The van der Waals surface area contributed by atoms with Gasteiger partial charge in [0, 0.05) is 0 Å². The zero-order valence-electron chi connectivity index (χ0n) is 12.8. The molecule has 108 valence electrons. The van der Waals surface area contributed by atoms with E-state index < -0.39 is 0 Å². The fraction of sp³-hybridized carbons (Fsp3) is 0.0909. The molecular weight excluding hydrogens is 312 g/mol. The van der Waals surface area contributed by atoms with E-state index in [4.69, 9.17) is 0 Å². The average molecular weight is 328 g/mol. The summed E-state index contributed by atoms with van der Waals surface area (Å²) in [7, 11) is 0. The van der Waals surface area contributed by atoms with Gasteiger partial charge in [0.15, 0.2) is 0 Å². The van der Waals surface area contributed by atoms with E-state index in [0.29, 0.717) is 4.22 Å². The van der Waals surface area contributed by atoms with Crippen molar-refractivity contribution in [2.24, 2.45) is 0 Å². The molecule has 2 aliphatic rings. The molecule has 0 spiro atoms. The summed E-state index contributed by atoms with van der Waals surface area (Å²) in [4.78, 5) is 0. The average Bonchev–Trinajstić information content (AvgIpc) is 3.17. The second-order valence-corrected chi connectivity index (χ2v) is 8.54. The van der Waals surface area contributed by atoms with Crippen LogP contribution in [0.25, 0.3) is 17.2 Å². The van der Waals surface area contributed by atoms with Crippen LogP contribution in [0.3, 0.4) is 0 Å². The molecule has 0 aliphatic heterocycles. The Kier molecular flexibility index (Phi) is 3.14. The summed E-state index contributed by atoms with van der Waals surface area (Å²) in [5, 5.41) is 0. The van der Waals surface area contributed by atoms with Crippen molar-refractivity contribution < 1.29 is 19.2 Å². The van der Waals surface area contributed by atoms with Crippen molar-refractivity contribution >= 4 is 9.94 Å². The Morgan fingerprint density at radius 2 is 1.61 bits per heavy atom. The number of allylic oxidation sites excluding steroid dienone is 1. The molecule has 0 N–H and O–H groups in total. The van der Waals surface area contributed by atoms with Gasteiger partial charge in [-0.05, 0) is 0 Å². The van der Waals surface area contributed by atoms with Gasteiger partial charge >= 0.3 is 146 Å². The molecule has 1 heteroatoms. The Morgan fingerprint density at radius 1 is 0.783 bits per heavy atom. The van der Waals surface area contributed by atoms with Crippen LogP contribution in [-0.4, -0.2) is 0 Å². The van der Waals surface area contributed by atoms with Gasteiger partial charge < -0.3 is 0 Å². The predicted molar refractivity (Wildman–Crippen MR) is 92.5 cm³/mol. The van der Waals surface area contributed by atoms with Crippen molar-refractivity contribution in [3.63, 3.8) is 0 Å². The van der Waals surface area contributed by atoms with Crippen molar-refractivity contribution in [3.8, 4) is 11.1 Å². The first kappa shape index (κ1) is 13.5. The Labute approximate surface area is 145 Å². The molecule has 2 aliphatic carbocycles. The summed E-state index contributed by atoms with van der Waals surface area (Å²) in [6, 6.07) is 24.7. The molecular formula is C22H16Ti. The van der Waals surface area contributed by atoms with E-state index in [1.165, 1.54) is 27.8 Å². The molecule has 0 aromatic heterocycles. The van der Waals surface area contributed by atoms with Crippen LogP contribution in [0, 0.1) is 0 Å². The van der Waals surface area contributed by atoms with E-state index in [1.807, 2.05) is 0 Å². The first-order chi connectivity index (χ1) is 11.4. The van der Waals surface area contributed by atoms with Crippen LogP contribution < -0.4 is 3.87 Å². The van der Waals surface area contributed by atoms with Crippen LogP contribution in [0.4, 0.5) is 0 Å². The zero-order valence-corrected chi connectivity index (χ0v) is 14.4. The maximum absolute atomic E-state index is 2.42. The molecule has 0 bridgehead atoms. The third kappa shape index (κ3) is 2.17. The van der Waals surface area contributed by atoms with Crippen LogP contribution in [0.1, 0.15) is 26.5 Å². The molecule has 1 atom stereocenters. The van der Waals surface area contributed by atoms with Gasteiger partial charge in [0.25, 0.3) is 0 Å². The number of hydrogen-bond donors (Lipinski definition) is 0. The number of rotatable bonds is 2. The normalized spacial score (nSPS) is 16.8. The number of benzene rings is 3. The molecule has 23 heavy (non-hydrogen) atoms. The van der Waals surface area contributed by atoms with Crippen molar-refractivity contribution in [3.05, 3.63) is 95.1 Å². The molecule has 0 heterocycles. The Balaban J connectivity index is 1.54. The van der Waals surface area contributed by atoms with Crippen molar-refractivity contribution in [1.29, 1.82) is 0 Å². The molecule has 3 aromatic carbocycles. The molecule has 3 aromatic rings. The van der Waals surface area contributed by atoms with Crippen LogP contribution >= 0.6 is 0 Å². The fourth-order valence-corrected chi connectivity index (χ4v) is 6.23. The summed E-state index contributed by atoms with van der Waals surface area (Å²) < 4.78 is 2.27. The van der Waals surface area contributed by atoms with E-state index in [1.54, 1.807) is 9.43 Å². The number of hydrogen-bond acceptors (Lipinski definition) is 0. The third-order valence-electron chi connectivity index (χ3n) is 4.96. The summed E-state index contributed by atoms with van der Waals surface area (Å²) in [6.45, 7) is 0. The Morgan fingerprint density at radius 3 is 2.61 bits per heavy atom. The Hall–Kier alpha value is -1.89. The zero-order chi connectivity index (χ0) is 15.2. The van der Waals surface area contributed by atoms with Gasteiger partial charge in [-0.3, -0.25) is 0 Å². The topological polar surface area (TPSA) is 0 Å². The monoisotopic (exact) mass is 328 g/mol. The van der Waals surface area contributed by atoms with Gasteiger partial charge in [0.1, 0.15) is 0 Å². The van der Waals surface area contributed by atoms with Crippen LogP contribution in [-0.2, 0) is 25.6 Å². The molecule has 0 amide bonds. The molecule has 5 rings (SSSR count). The van der Waals surface area contributed by atoms with Gasteiger partial charge in [0.05, 0.1) is 0 Å². The van der Waals surface area contributed by atoms with Gasteiger partial charge in [-0.1, -0.05) is 0 Å². The molecule has 1 unspecified atom stereocenters. The summed E-state index contributed by atoms with van der Waals surface area (Å²) in [5.41, 5.74) is 8.93. The van der Waals surface area contributed by atoms with E-state index in [-0.39, 0.29) is 19.2 Å². The second-order valence-electron chi connectivity index (χ2n) is 6.28. The van der Waals surface area contributed by atoms with Crippen LogP contribution in [0.5, 0.6) is 0 Å². The van der Waals surface area contributed by atoms with Crippen LogP contribution in [0.15, 0.2) is 72.8 Å². The Bertz CT molecular complexity index is 936. The van der Waals surface area contributed by atoms with Gasteiger partial charge in [-0.25, -0.2) is 0 Å². The van der Waals surface area contributed by atoms with E-state index >= 15 is 0 Å². The molecule has 0 saturated carbocycles. The van der Waals surface area contributed by atoms with E-state index in [2.05, 4.69) is 78.9 Å². The van der Waals surface area contributed by atoms with Crippen molar-refractivity contribution in [2.45, 2.75) is 10.6 Å². The van der Waals surface area contributed by atoms with Gasteiger partial charge in [-0.2, -0.15) is 0 Å². The third-order valence-corrected chi connectivity index (χ3v) is 7.45. The predicted octanol–water partition coefficient (Wildman–Crippen LogP) is 4.73. The van der Waals surface area contributed by atoms with Crippen LogP contribution in [0.2, 0.25) is 0 Å². The second kappa shape index (κ2) is 5.34. The molecule has 0 nitrogen and oxygen atoms in total. The molecule has 0 saturated heterocycles. The number of fused-ring (bicyclic) bond motifs is 4.